The van der Waals surface area contributed by atoms with Crippen LogP contribution in [0.2, 0.25) is 0 Å². The van der Waals surface area contributed by atoms with Gasteiger partial charge in [0.25, 0.3) is 5.69 Å². The normalized spacial score (nSPS) is 10.4. The summed E-state index contributed by atoms with van der Waals surface area (Å²) in [5.74, 6) is -0.484. The first-order chi connectivity index (χ1) is 11.5. The van der Waals surface area contributed by atoms with Gasteiger partial charge in [-0.3, -0.25) is 10.1 Å². The molecule has 0 aliphatic carbocycles. The van der Waals surface area contributed by atoms with Gasteiger partial charge >= 0.3 is 5.97 Å². The van der Waals surface area contributed by atoms with Gasteiger partial charge < -0.3 is 4.74 Å². The minimum absolute atomic E-state index is 0.0369. The third kappa shape index (κ3) is 3.12. The number of aromatic nitrogens is 3. The van der Waals surface area contributed by atoms with Crippen LogP contribution in [0.4, 0.5) is 5.69 Å². The van der Waals surface area contributed by atoms with Crippen LogP contribution in [0.25, 0.3) is 5.69 Å². The molecule has 3 aromatic rings. The van der Waals surface area contributed by atoms with E-state index in [9.17, 15) is 14.9 Å². The number of nitrogens with zero attached hydrogens (tertiary/aromatic N) is 4. The molecular formula is C16H12N4O4. The Kier molecular flexibility index (Phi) is 4.02. The summed E-state index contributed by atoms with van der Waals surface area (Å²) >= 11 is 0. The van der Waals surface area contributed by atoms with E-state index in [1.54, 1.807) is 19.1 Å². The molecule has 0 saturated heterocycles. The Labute approximate surface area is 136 Å². The van der Waals surface area contributed by atoms with Crippen molar-refractivity contribution in [3.05, 3.63) is 76.1 Å². The van der Waals surface area contributed by atoms with Crippen molar-refractivity contribution in [3.63, 3.8) is 0 Å². The molecule has 0 aliphatic rings. The van der Waals surface area contributed by atoms with Crippen LogP contribution in [0, 0.1) is 17.0 Å². The molecule has 0 fully saturated rings. The van der Waals surface area contributed by atoms with Crippen molar-refractivity contribution in [2.75, 3.05) is 0 Å². The molecule has 8 heteroatoms. The summed E-state index contributed by atoms with van der Waals surface area (Å²) in [6.07, 6.45) is 1.30. The van der Waals surface area contributed by atoms with Gasteiger partial charge in [0, 0.05) is 11.6 Å². The van der Waals surface area contributed by atoms with Gasteiger partial charge in [-0.05, 0) is 31.2 Å². The van der Waals surface area contributed by atoms with E-state index in [0.29, 0.717) is 11.3 Å². The molecule has 0 aliphatic heterocycles. The van der Waals surface area contributed by atoms with Crippen molar-refractivity contribution in [2.45, 2.75) is 6.92 Å². The SMILES string of the molecule is Cc1cc(OC(=O)c2cnn(-c3ccccc3)n2)ccc1[N+](=O)[O-]. The Morgan fingerprint density at radius 2 is 1.96 bits per heavy atom. The fourth-order valence-electron chi connectivity index (χ4n) is 2.10. The van der Waals surface area contributed by atoms with E-state index in [2.05, 4.69) is 10.2 Å². The number of carbonyl (C=O) groups is 1. The summed E-state index contributed by atoms with van der Waals surface area (Å²) in [6, 6.07) is 13.2. The van der Waals surface area contributed by atoms with E-state index < -0.39 is 10.9 Å². The topological polar surface area (TPSA) is 100 Å². The second-order valence-electron chi connectivity index (χ2n) is 4.95. The number of esters is 1. The predicted octanol–water partition coefficient (Wildman–Crippen LogP) is 2.70. The molecule has 0 saturated carbocycles. The first-order valence-corrected chi connectivity index (χ1v) is 6.99. The van der Waals surface area contributed by atoms with Crippen LogP contribution in [-0.4, -0.2) is 25.9 Å². The highest BCUT2D eigenvalue weighted by atomic mass is 16.6. The lowest BCUT2D eigenvalue weighted by Crippen LogP contribution is -2.10. The number of benzene rings is 2. The van der Waals surface area contributed by atoms with Gasteiger partial charge in [-0.2, -0.15) is 9.90 Å². The highest BCUT2D eigenvalue weighted by Gasteiger charge is 2.16. The third-order valence-corrected chi connectivity index (χ3v) is 3.26. The van der Waals surface area contributed by atoms with Gasteiger partial charge in [-0.15, -0.1) is 5.10 Å². The van der Waals surface area contributed by atoms with Crippen molar-refractivity contribution in [3.8, 4) is 11.4 Å². The Hall–Kier alpha value is -3.55. The molecule has 2 aromatic carbocycles. The van der Waals surface area contributed by atoms with Crippen LogP contribution in [0.5, 0.6) is 5.75 Å². The smallest absolute Gasteiger partial charge is 0.365 e. The average molecular weight is 324 g/mol. The molecule has 120 valence electrons. The number of ether oxygens (including phenoxy) is 1. The van der Waals surface area contributed by atoms with Crippen molar-refractivity contribution in [2.24, 2.45) is 0 Å². The molecule has 0 unspecified atom stereocenters. The maximum atomic E-state index is 12.1. The van der Waals surface area contributed by atoms with E-state index in [1.165, 1.54) is 29.2 Å². The predicted molar refractivity (Wildman–Crippen MR) is 84.2 cm³/mol. The first-order valence-electron chi connectivity index (χ1n) is 6.99. The lowest BCUT2D eigenvalue weighted by atomic mass is 10.2. The van der Waals surface area contributed by atoms with E-state index in [-0.39, 0.29) is 17.1 Å². The first kappa shape index (κ1) is 15.3. The molecule has 0 amide bonds. The van der Waals surface area contributed by atoms with Crippen molar-refractivity contribution >= 4 is 11.7 Å². The monoisotopic (exact) mass is 324 g/mol. The van der Waals surface area contributed by atoms with Gasteiger partial charge in [0.1, 0.15) is 5.75 Å². The summed E-state index contributed by atoms with van der Waals surface area (Å²) in [6.45, 7) is 1.57. The number of aryl methyl sites for hydroxylation is 1. The highest BCUT2D eigenvalue weighted by Crippen LogP contribution is 2.23. The van der Waals surface area contributed by atoms with Gasteiger partial charge in [0.05, 0.1) is 16.8 Å². The summed E-state index contributed by atoms with van der Waals surface area (Å²) in [4.78, 5) is 23.7. The van der Waals surface area contributed by atoms with Crippen LogP contribution < -0.4 is 4.74 Å². The van der Waals surface area contributed by atoms with Crippen molar-refractivity contribution in [1.82, 2.24) is 15.0 Å². The lowest BCUT2D eigenvalue weighted by Gasteiger charge is -2.03. The third-order valence-electron chi connectivity index (χ3n) is 3.26. The number of hydrogen-bond acceptors (Lipinski definition) is 6. The fraction of sp³-hybridized carbons (Fsp3) is 0.0625. The largest absolute Gasteiger partial charge is 0.422 e. The quantitative estimate of drug-likeness (QED) is 0.316. The highest BCUT2D eigenvalue weighted by molar-refractivity contribution is 5.88. The second kappa shape index (κ2) is 6.29. The van der Waals surface area contributed by atoms with Crippen molar-refractivity contribution in [1.29, 1.82) is 0 Å². The second-order valence-corrected chi connectivity index (χ2v) is 4.95. The summed E-state index contributed by atoms with van der Waals surface area (Å²) < 4.78 is 5.19. The summed E-state index contributed by atoms with van der Waals surface area (Å²) in [5.41, 5.74) is 1.11. The van der Waals surface area contributed by atoms with Gasteiger partial charge in [0.2, 0.25) is 0 Å². The number of carbonyl (C=O) groups excluding carboxylic acids is 1. The number of rotatable bonds is 4. The Balaban J connectivity index is 1.77. The number of nitro benzene ring substituents is 1. The van der Waals surface area contributed by atoms with E-state index in [4.69, 9.17) is 4.74 Å². The molecule has 1 aromatic heterocycles. The molecule has 0 spiro atoms. The Morgan fingerprint density at radius 1 is 1.21 bits per heavy atom. The Bertz CT molecular complexity index is 905. The lowest BCUT2D eigenvalue weighted by molar-refractivity contribution is -0.385. The van der Waals surface area contributed by atoms with Crippen molar-refractivity contribution < 1.29 is 14.5 Å². The van der Waals surface area contributed by atoms with Crippen LogP contribution in [0.1, 0.15) is 16.1 Å². The number of hydrogen-bond donors (Lipinski definition) is 0. The maximum Gasteiger partial charge on any atom is 0.365 e. The van der Waals surface area contributed by atoms with Gasteiger partial charge in [-0.25, -0.2) is 4.79 Å². The molecular weight excluding hydrogens is 312 g/mol. The minimum atomic E-state index is -0.689. The molecule has 0 N–H and O–H groups in total. The fourth-order valence-corrected chi connectivity index (χ4v) is 2.10. The molecule has 3 rings (SSSR count). The molecule has 0 radical (unpaired) electrons. The average Bonchev–Trinajstić information content (AvgIpc) is 3.05. The zero-order valence-corrected chi connectivity index (χ0v) is 12.6. The number of para-hydroxylation sites is 1. The van der Waals surface area contributed by atoms with Crippen LogP contribution in [-0.2, 0) is 0 Å². The zero-order valence-electron chi connectivity index (χ0n) is 12.6. The van der Waals surface area contributed by atoms with Crippen LogP contribution in [0.3, 0.4) is 0 Å². The molecule has 1 heterocycles. The molecule has 24 heavy (non-hydrogen) atoms. The minimum Gasteiger partial charge on any atom is -0.422 e. The van der Waals surface area contributed by atoms with Gasteiger partial charge in [-0.1, -0.05) is 18.2 Å². The molecule has 0 atom stereocenters. The molecule has 0 bridgehead atoms. The zero-order chi connectivity index (χ0) is 17.1. The summed E-state index contributed by atoms with van der Waals surface area (Å²) in [7, 11) is 0. The molecule has 8 nitrogen and oxygen atoms in total. The van der Waals surface area contributed by atoms with E-state index in [0.717, 1.165) is 0 Å². The van der Waals surface area contributed by atoms with Crippen LogP contribution in [0.15, 0.2) is 54.7 Å². The maximum absolute atomic E-state index is 12.1. The van der Waals surface area contributed by atoms with E-state index >= 15 is 0 Å². The van der Waals surface area contributed by atoms with Gasteiger partial charge in [0.15, 0.2) is 5.69 Å². The standard InChI is InChI=1S/C16H12N4O4/c1-11-9-13(7-8-15(11)20(22)23)24-16(21)14-10-17-19(18-14)12-5-3-2-4-6-12/h2-10H,1H3. The van der Waals surface area contributed by atoms with Crippen LogP contribution >= 0.6 is 0 Å². The van der Waals surface area contributed by atoms with E-state index in [1.807, 2.05) is 18.2 Å². The number of nitro groups is 1. The summed E-state index contributed by atoms with van der Waals surface area (Å²) in [5, 5.41) is 18.9. The Morgan fingerprint density at radius 3 is 2.62 bits per heavy atom.